The second-order valence-corrected chi connectivity index (χ2v) is 6.65. The first-order valence-corrected chi connectivity index (χ1v) is 7.79. The second-order valence-electron chi connectivity index (χ2n) is 4.56. The standard InChI is InChI=1S/C11H21NO4S/c1-2-3-4-8-17(15,16)12-7-5-6-10(9-12)11(13)14/h10H,2-9H2,1H3,(H,13,14). The maximum atomic E-state index is 12.0. The van der Waals surface area contributed by atoms with Gasteiger partial charge in [-0.1, -0.05) is 19.8 Å². The molecule has 0 aromatic carbocycles. The van der Waals surface area contributed by atoms with Crippen molar-refractivity contribution in [1.29, 1.82) is 0 Å². The second kappa shape index (κ2) is 6.35. The lowest BCUT2D eigenvalue weighted by Gasteiger charge is -2.29. The van der Waals surface area contributed by atoms with Crippen LogP contribution in [-0.2, 0) is 14.8 Å². The third-order valence-corrected chi connectivity index (χ3v) is 5.06. The van der Waals surface area contributed by atoms with Crippen LogP contribution in [0.4, 0.5) is 0 Å². The fourth-order valence-corrected chi connectivity index (χ4v) is 3.70. The summed E-state index contributed by atoms with van der Waals surface area (Å²) in [6.45, 7) is 2.63. The van der Waals surface area contributed by atoms with E-state index < -0.39 is 21.9 Å². The SMILES string of the molecule is CCCCCS(=O)(=O)N1CCCC(C(=O)O)C1. The van der Waals surface area contributed by atoms with Crippen molar-refractivity contribution in [2.24, 2.45) is 5.92 Å². The largest absolute Gasteiger partial charge is 0.481 e. The quantitative estimate of drug-likeness (QED) is 0.733. The molecular weight excluding hydrogens is 242 g/mol. The van der Waals surface area contributed by atoms with E-state index in [0.29, 0.717) is 25.8 Å². The Morgan fingerprint density at radius 3 is 2.71 bits per heavy atom. The number of piperidine rings is 1. The smallest absolute Gasteiger partial charge is 0.307 e. The third kappa shape index (κ3) is 4.27. The highest BCUT2D eigenvalue weighted by molar-refractivity contribution is 7.89. The van der Waals surface area contributed by atoms with E-state index in [2.05, 4.69) is 0 Å². The van der Waals surface area contributed by atoms with Gasteiger partial charge in [-0.15, -0.1) is 0 Å². The Morgan fingerprint density at radius 1 is 1.41 bits per heavy atom. The lowest BCUT2D eigenvalue weighted by Crippen LogP contribution is -2.43. The monoisotopic (exact) mass is 263 g/mol. The van der Waals surface area contributed by atoms with E-state index in [4.69, 9.17) is 5.11 Å². The number of rotatable bonds is 6. The molecule has 1 rings (SSSR count). The van der Waals surface area contributed by atoms with Gasteiger partial charge in [0.2, 0.25) is 10.0 Å². The van der Waals surface area contributed by atoms with Gasteiger partial charge in [0.1, 0.15) is 0 Å². The fraction of sp³-hybridized carbons (Fsp3) is 0.909. The molecule has 1 unspecified atom stereocenters. The van der Waals surface area contributed by atoms with Gasteiger partial charge in [-0.25, -0.2) is 12.7 Å². The summed E-state index contributed by atoms with van der Waals surface area (Å²) in [6, 6.07) is 0. The molecule has 1 aliphatic heterocycles. The summed E-state index contributed by atoms with van der Waals surface area (Å²) in [4.78, 5) is 10.9. The number of unbranched alkanes of at least 4 members (excludes halogenated alkanes) is 2. The predicted octanol–water partition coefficient (Wildman–Crippen LogP) is 1.30. The van der Waals surface area contributed by atoms with Crippen molar-refractivity contribution < 1.29 is 18.3 Å². The van der Waals surface area contributed by atoms with Crippen molar-refractivity contribution in [3.63, 3.8) is 0 Å². The van der Waals surface area contributed by atoms with E-state index in [9.17, 15) is 13.2 Å². The molecular formula is C11H21NO4S. The molecule has 0 radical (unpaired) electrons. The molecule has 0 aliphatic carbocycles. The first-order chi connectivity index (χ1) is 7.97. The van der Waals surface area contributed by atoms with Crippen LogP contribution in [0, 0.1) is 5.92 Å². The minimum atomic E-state index is -3.25. The first-order valence-electron chi connectivity index (χ1n) is 6.18. The molecule has 1 atom stereocenters. The molecule has 1 heterocycles. The van der Waals surface area contributed by atoms with Crippen LogP contribution < -0.4 is 0 Å². The van der Waals surface area contributed by atoms with Crippen LogP contribution in [0.25, 0.3) is 0 Å². The van der Waals surface area contributed by atoms with Crippen molar-refractivity contribution >= 4 is 16.0 Å². The van der Waals surface area contributed by atoms with E-state index in [0.717, 1.165) is 12.8 Å². The summed E-state index contributed by atoms with van der Waals surface area (Å²) in [5.41, 5.74) is 0. The first kappa shape index (κ1) is 14.4. The van der Waals surface area contributed by atoms with Gasteiger partial charge in [0, 0.05) is 13.1 Å². The van der Waals surface area contributed by atoms with Crippen LogP contribution >= 0.6 is 0 Å². The van der Waals surface area contributed by atoms with Crippen molar-refractivity contribution in [2.45, 2.75) is 39.0 Å². The Balaban J connectivity index is 2.55. The molecule has 100 valence electrons. The number of carboxylic acid groups (broad SMARTS) is 1. The highest BCUT2D eigenvalue weighted by Gasteiger charge is 2.31. The van der Waals surface area contributed by atoms with Gasteiger partial charge in [0.15, 0.2) is 0 Å². The van der Waals surface area contributed by atoms with E-state index in [1.54, 1.807) is 0 Å². The number of hydrogen-bond acceptors (Lipinski definition) is 3. The maximum Gasteiger partial charge on any atom is 0.307 e. The van der Waals surface area contributed by atoms with Crippen LogP contribution in [-0.4, -0.2) is 42.6 Å². The summed E-state index contributed by atoms with van der Waals surface area (Å²) < 4.78 is 25.3. The molecule has 0 aromatic rings. The molecule has 1 N–H and O–H groups in total. The van der Waals surface area contributed by atoms with Crippen LogP contribution in [0.5, 0.6) is 0 Å². The van der Waals surface area contributed by atoms with Crippen molar-refractivity contribution in [2.75, 3.05) is 18.8 Å². The number of carboxylic acids is 1. The van der Waals surface area contributed by atoms with Crippen molar-refractivity contribution in [1.82, 2.24) is 4.31 Å². The van der Waals surface area contributed by atoms with Crippen LogP contribution in [0.15, 0.2) is 0 Å². The highest BCUT2D eigenvalue weighted by Crippen LogP contribution is 2.20. The van der Waals surface area contributed by atoms with E-state index in [1.807, 2.05) is 6.92 Å². The lowest BCUT2D eigenvalue weighted by atomic mass is 10.0. The van der Waals surface area contributed by atoms with Gasteiger partial charge in [0.25, 0.3) is 0 Å². The summed E-state index contributed by atoms with van der Waals surface area (Å²) in [6.07, 6.45) is 3.76. The van der Waals surface area contributed by atoms with Gasteiger partial charge in [-0.2, -0.15) is 0 Å². The van der Waals surface area contributed by atoms with E-state index in [1.165, 1.54) is 4.31 Å². The number of carbonyl (C=O) groups is 1. The minimum absolute atomic E-state index is 0.143. The number of hydrogen-bond donors (Lipinski definition) is 1. The van der Waals surface area contributed by atoms with Gasteiger partial charge in [-0.05, 0) is 19.3 Å². The van der Waals surface area contributed by atoms with Gasteiger partial charge >= 0.3 is 5.97 Å². The molecule has 1 saturated heterocycles. The Morgan fingerprint density at radius 2 is 2.12 bits per heavy atom. The van der Waals surface area contributed by atoms with E-state index in [-0.39, 0.29) is 12.3 Å². The zero-order valence-corrected chi connectivity index (χ0v) is 11.1. The number of sulfonamides is 1. The molecule has 1 fully saturated rings. The molecule has 0 saturated carbocycles. The fourth-order valence-electron chi connectivity index (χ4n) is 2.06. The molecule has 17 heavy (non-hydrogen) atoms. The third-order valence-electron chi connectivity index (χ3n) is 3.13. The Bertz CT molecular complexity index is 352. The zero-order chi connectivity index (χ0) is 12.9. The maximum absolute atomic E-state index is 12.0. The average Bonchev–Trinajstić information content (AvgIpc) is 2.29. The Labute approximate surface area is 103 Å². The highest BCUT2D eigenvalue weighted by atomic mass is 32.2. The van der Waals surface area contributed by atoms with Gasteiger partial charge in [0.05, 0.1) is 11.7 Å². The average molecular weight is 263 g/mol. The molecule has 0 spiro atoms. The van der Waals surface area contributed by atoms with E-state index >= 15 is 0 Å². The molecule has 0 amide bonds. The van der Waals surface area contributed by atoms with Crippen LogP contribution in [0.3, 0.4) is 0 Å². The molecule has 5 nitrogen and oxygen atoms in total. The molecule has 1 aliphatic rings. The minimum Gasteiger partial charge on any atom is -0.481 e. The van der Waals surface area contributed by atoms with Crippen LogP contribution in [0.1, 0.15) is 39.0 Å². The Kier molecular flexibility index (Phi) is 5.39. The summed E-state index contributed by atoms with van der Waals surface area (Å²) in [5.74, 6) is -1.28. The molecule has 0 bridgehead atoms. The lowest BCUT2D eigenvalue weighted by molar-refractivity contribution is -0.142. The van der Waals surface area contributed by atoms with Gasteiger partial charge < -0.3 is 5.11 Å². The predicted molar refractivity (Wildman–Crippen MR) is 65.2 cm³/mol. The summed E-state index contributed by atoms with van der Waals surface area (Å²) in [5, 5.41) is 8.91. The normalized spacial score (nSPS) is 22.5. The van der Waals surface area contributed by atoms with Crippen molar-refractivity contribution in [3.8, 4) is 0 Å². The number of aliphatic carboxylic acids is 1. The van der Waals surface area contributed by atoms with Crippen LogP contribution in [0.2, 0.25) is 0 Å². The Hall–Kier alpha value is -0.620. The molecule has 0 aromatic heterocycles. The van der Waals surface area contributed by atoms with Crippen molar-refractivity contribution in [3.05, 3.63) is 0 Å². The summed E-state index contributed by atoms with van der Waals surface area (Å²) in [7, 11) is -3.25. The number of nitrogens with zero attached hydrogens (tertiary/aromatic N) is 1. The topological polar surface area (TPSA) is 74.7 Å². The summed E-state index contributed by atoms with van der Waals surface area (Å²) >= 11 is 0. The van der Waals surface area contributed by atoms with Gasteiger partial charge in [-0.3, -0.25) is 4.79 Å². The molecule has 6 heteroatoms. The zero-order valence-electron chi connectivity index (χ0n) is 10.3.